The Labute approximate surface area is 183 Å². The van der Waals surface area contributed by atoms with Gasteiger partial charge in [0, 0.05) is 18.1 Å². The fraction of sp³-hybridized carbons (Fsp3) is 0.190. The van der Waals surface area contributed by atoms with Gasteiger partial charge in [-0.3, -0.25) is 9.36 Å². The molecule has 0 unspecified atom stereocenters. The molecule has 1 amide bonds. The van der Waals surface area contributed by atoms with Crippen LogP contribution in [0.5, 0.6) is 5.75 Å². The van der Waals surface area contributed by atoms with E-state index < -0.39 is 5.82 Å². The molecule has 1 aromatic heterocycles. The minimum atomic E-state index is -0.446. The average Bonchev–Trinajstić information content (AvgIpc) is 3.12. The number of thioether (sulfide) groups is 1. The third-order valence-corrected chi connectivity index (χ3v) is 5.21. The maximum Gasteiger partial charge on any atom is 0.230 e. The normalized spacial score (nSPS) is 10.6. The molecular formula is C21H20ClFN4O2S. The van der Waals surface area contributed by atoms with Crippen molar-refractivity contribution in [2.75, 3.05) is 5.75 Å². The molecule has 9 heteroatoms. The molecule has 6 nitrogen and oxygen atoms in total. The highest BCUT2D eigenvalue weighted by Gasteiger charge is 2.15. The summed E-state index contributed by atoms with van der Waals surface area (Å²) in [5.41, 5.74) is 0.920. The van der Waals surface area contributed by atoms with Gasteiger partial charge in [0.05, 0.1) is 5.75 Å². The van der Waals surface area contributed by atoms with Gasteiger partial charge < -0.3 is 10.1 Å². The lowest BCUT2D eigenvalue weighted by atomic mass is 10.2. The van der Waals surface area contributed by atoms with E-state index in [2.05, 4.69) is 22.1 Å². The first-order valence-electron chi connectivity index (χ1n) is 9.11. The summed E-state index contributed by atoms with van der Waals surface area (Å²) in [5, 5.41) is 12.3. The van der Waals surface area contributed by atoms with Crippen LogP contribution < -0.4 is 10.1 Å². The number of ether oxygens (including phenoxy) is 1. The number of carbonyl (C=O) groups excluding carboxylic acids is 1. The summed E-state index contributed by atoms with van der Waals surface area (Å²) in [7, 11) is 0. The zero-order valence-electron chi connectivity index (χ0n) is 16.1. The predicted molar refractivity (Wildman–Crippen MR) is 115 cm³/mol. The molecule has 0 radical (unpaired) electrons. The second kappa shape index (κ2) is 10.8. The van der Waals surface area contributed by atoms with Crippen LogP contribution in [-0.2, 0) is 24.5 Å². The van der Waals surface area contributed by atoms with E-state index in [-0.39, 0.29) is 24.0 Å². The van der Waals surface area contributed by atoms with Gasteiger partial charge in [-0.2, -0.15) is 0 Å². The molecule has 0 bridgehead atoms. The van der Waals surface area contributed by atoms with Crippen LogP contribution in [0.3, 0.4) is 0 Å². The van der Waals surface area contributed by atoms with E-state index >= 15 is 0 Å². The van der Waals surface area contributed by atoms with Crippen molar-refractivity contribution in [3.8, 4) is 5.75 Å². The molecule has 0 atom stereocenters. The molecule has 30 heavy (non-hydrogen) atoms. The van der Waals surface area contributed by atoms with Gasteiger partial charge in [0.2, 0.25) is 5.91 Å². The maximum atomic E-state index is 13.7. The number of halogens is 2. The number of carbonyl (C=O) groups is 1. The van der Waals surface area contributed by atoms with Gasteiger partial charge in [-0.05, 0) is 29.8 Å². The highest BCUT2D eigenvalue weighted by atomic mass is 35.5. The second-order valence-corrected chi connectivity index (χ2v) is 7.59. The van der Waals surface area contributed by atoms with Gasteiger partial charge >= 0.3 is 0 Å². The van der Waals surface area contributed by atoms with E-state index in [4.69, 9.17) is 16.3 Å². The van der Waals surface area contributed by atoms with Gasteiger partial charge in [0.15, 0.2) is 22.5 Å². The molecule has 0 fully saturated rings. The zero-order chi connectivity index (χ0) is 21.3. The van der Waals surface area contributed by atoms with Crippen LogP contribution in [0.2, 0.25) is 5.02 Å². The van der Waals surface area contributed by atoms with Crippen molar-refractivity contribution in [2.45, 2.75) is 24.9 Å². The van der Waals surface area contributed by atoms with Crippen LogP contribution >= 0.6 is 23.4 Å². The van der Waals surface area contributed by atoms with Crippen molar-refractivity contribution in [1.82, 2.24) is 20.1 Å². The summed E-state index contributed by atoms with van der Waals surface area (Å²) >= 11 is 7.20. The second-order valence-electron chi connectivity index (χ2n) is 6.21. The lowest BCUT2D eigenvalue weighted by Gasteiger charge is -2.10. The third-order valence-electron chi connectivity index (χ3n) is 4.01. The number of nitrogens with zero attached hydrogens (tertiary/aromatic N) is 3. The first kappa shape index (κ1) is 21.9. The molecule has 0 aliphatic rings. The highest BCUT2D eigenvalue weighted by molar-refractivity contribution is 7.99. The van der Waals surface area contributed by atoms with Gasteiger partial charge in [0.1, 0.15) is 6.61 Å². The largest absolute Gasteiger partial charge is 0.483 e. The van der Waals surface area contributed by atoms with Crippen molar-refractivity contribution in [3.05, 3.63) is 83.4 Å². The van der Waals surface area contributed by atoms with Crippen molar-refractivity contribution >= 4 is 29.3 Å². The number of aromatic nitrogens is 3. The number of nitrogens with one attached hydrogen (secondary N) is 1. The Kier molecular flexibility index (Phi) is 7.87. The molecule has 0 aliphatic carbocycles. The molecule has 0 saturated heterocycles. The van der Waals surface area contributed by atoms with Crippen molar-refractivity contribution < 1.29 is 13.9 Å². The number of hydrogen-bond acceptors (Lipinski definition) is 5. The standard InChI is InChI=1S/C21H20ClFN4O2S/c1-2-10-27-19(13-29-18-9-4-3-8-17(18)23)25-26-21(27)30-14-20(28)24-12-15-6-5-7-16(22)11-15/h2-9,11H,1,10,12-14H2,(H,24,28). The fourth-order valence-corrected chi connectivity index (χ4v) is 3.59. The summed E-state index contributed by atoms with van der Waals surface area (Å²) in [6.07, 6.45) is 1.69. The summed E-state index contributed by atoms with van der Waals surface area (Å²) in [5.74, 6) is 0.236. The minimum Gasteiger partial charge on any atom is -0.483 e. The van der Waals surface area contributed by atoms with Gasteiger partial charge in [0.25, 0.3) is 0 Å². The Morgan fingerprint density at radius 1 is 1.27 bits per heavy atom. The highest BCUT2D eigenvalue weighted by Crippen LogP contribution is 2.20. The topological polar surface area (TPSA) is 69.0 Å². The minimum absolute atomic E-state index is 0.0449. The van der Waals surface area contributed by atoms with Crippen LogP contribution in [-0.4, -0.2) is 26.4 Å². The summed E-state index contributed by atoms with van der Waals surface area (Å²) in [6.45, 7) is 4.61. The Balaban J connectivity index is 1.56. The van der Waals surface area contributed by atoms with Gasteiger partial charge in [-0.1, -0.05) is 53.7 Å². The van der Waals surface area contributed by atoms with E-state index in [1.165, 1.54) is 17.8 Å². The van der Waals surface area contributed by atoms with Crippen LogP contribution in [0.4, 0.5) is 4.39 Å². The molecule has 2 aromatic carbocycles. The quantitative estimate of drug-likeness (QED) is 0.372. The monoisotopic (exact) mass is 446 g/mol. The third kappa shape index (κ3) is 6.08. The Morgan fingerprint density at radius 2 is 2.10 bits per heavy atom. The summed E-state index contributed by atoms with van der Waals surface area (Å²) < 4.78 is 21.0. The van der Waals surface area contributed by atoms with Crippen molar-refractivity contribution in [1.29, 1.82) is 0 Å². The number of para-hydroxylation sites is 1. The van der Waals surface area contributed by atoms with Gasteiger partial charge in [-0.15, -0.1) is 16.8 Å². The molecule has 156 valence electrons. The van der Waals surface area contributed by atoms with Crippen LogP contribution in [0.15, 0.2) is 66.3 Å². The van der Waals surface area contributed by atoms with E-state index in [9.17, 15) is 9.18 Å². The van der Waals surface area contributed by atoms with Gasteiger partial charge in [-0.25, -0.2) is 4.39 Å². The number of benzene rings is 2. The van der Waals surface area contributed by atoms with Crippen molar-refractivity contribution in [2.24, 2.45) is 0 Å². The number of amides is 1. The molecule has 1 N–H and O–H groups in total. The number of allylic oxidation sites excluding steroid dienone is 1. The lowest BCUT2D eigenvalue weighted by molar-refractivity contribution is -0.118. The Morgan fingerprint density at radius 3 is 2.87 bits per heavy atom. The fourth-order valence-electron chi connectivity index (χ4n) is 2.58. The molecule has 1 heterocycles. The first-order chi connectivity index (χ1) is 14.6. The van der Waals surface area contributed by atoms with Crippen LogP contribution in [0.1, 0.15) is 11.4 Å². The van der Waals surface area contributed by atoms with E-state index in [1.54, 1.807) is 41.0 Å². The van der Waals surface area contributed by atoms with E-state index in [1.807, 2.05) is 12.1 Å². The predicted octanol–water partition coefficient (Wildman–Crippen LogP) is 4.24. The summed E-state index contributed by atoms with van der Waals surface area (Å²) in [4.78, 5) is 12.2. The Hall–Kier alpha value is -2.84. The molecule has 3 rings (SSSR count). The molecule has 0 spiro atoms. The molecular weight excluding hydrogens is 427 g/mol. The molecule has 0 aliphatic heterocycles. The van der Waals surface area contributed by atoms with Crippen molar-refractivity contribution in [3.63, 3.8) is 0 Å². The van der Waals surface area contributed by atoms with E-state index in [0.717, 1.165) is 5.56 Å². The van der Waals surface area contributed by atoms with Crippen LogP contribution in [0.25, 0.3) is 0 Å². The zero-order valence-corrected chi connectivity index (χ0v) is 17.6. The Bertz CT molecular complexity index is 1030. The van der Waals surface area contributed by atoms with Crippen LogP contribution in [0, 0.1) is 5.82 Å². The molecule has 3 aromatic rings. The number of rotatable bonds is 10. The number of hydrogen-bond donors (Lipinski definition) is 1. The first-order valence-corrected chi connectivity index (χ1v) is 10.5. The average molecular weight is 447 g/mol. The van der Waals surface area contributed by atoms with E-state index in [0.29, 0.717) is 29.1 Å². The smallest absolute Gasteiger partial charge is 0.230 e. The SMILES string of the molecule is C=CCn1c(COc2ccccc2F)nnc1SCC(=O)NCc1cccc(Cl)c1. The maximum absolute atomic E-state index is 13.7. The lowest BCUT2D eigenvalue weighted by Crippen LogP contribution is -2.24. The molecule has 0 saturated carbocycles. The summed E-state index contributed by atoms with van der Waals surface area (Å²) in [6, 6.07) is 13.5.